The van der Waals surface area contributed by atoms with Crippen LogP contribution in [-0.2, 0) is 11.3 Å². The zero-order valence-corrected chi connectivity index (χ0v) is 10.4. The minimum Gasteiger partial charge on any atom is -0.388 e. The lowest BCUT2D eigenvalue weighted by Crippen LogP contribution is -2.18. The van der Waals surface area contributed by atoms with Crippen molar-refractivity contribution in [3.63, 3.8) is 0 Å². The second-order valence-electron chi connectivity index (χ2n) is 3.73. The number of hydrogen-bond donors (Lipinski definition) is 1. The first-order valence-corrected chi connectivity index (χ1v) is 5.38. The van der Waals surface area contributed by atoms with Crippen molar-refractivity contribution in [2.75, 3.05) is 13.7 Å². The molecule has 0 bridgehead atoms. The van der Waals surface area contributed by atoms with Crippen LogP contribution >= 0.6 is 12.2 Å². The number of nitrogens with zero attached hydrogens (tertiary/aromatic N) is 3. The molecule has 1 aromatic heterocycles. The van der Waals surface area contributed by atoms with Crippen molar-refractivity contribution in [1.82, 2.24) is 15.0 Å². The molecule has 5 nitrogen and oxygen atoms in total. The molecule has 0 spiro atoms. The van der Waals surface area contributed by atoms with Crippen LogP contribution in [0.5, 0.6) is 0 Å². The molecule has 17 heavy (non-hydrogen) atoms. The van der Waals surface area contributed by atoms with Gasteiger partial charge in [0.2, 0.25) is 0 Å². The SMILES string of the molecule is COCC(C)Cn1nnc(C(N)=S)c1C(F)F. The highest BCUT2D eigenvalue weighted by molar-refractivity contribution is 7.80. The van der Waals surface area contributed by atoms with Gasteiger partial charge in [0.1, 0.15) is 16.4 Å². The summed E-state index contributed by atoms with van der Waals surface area (Å²) in [7, 11) is 1.55. The van der Waals surface area contributed by atoms with E-state index in [2.05, 4.69) is 22.5 Å². The van der Waals surface area contributed by atoms with E-state index in [1.54, 1.807) is 7.11 Å². The summed E-state index contributed by atoms with van der Waals surface area (Å²) in [5, 5.41) is 7.22. The number of alkyl halides is 2. The van der Waals surface area contributed by atoms with Gasteiger partial charge in [-0.15, -0.1) is 5.10 Å². The van der Waals surface area contributed by atoms with Crippen LogP contribution in [0.1, 0.15) is 24.7 Å². The van der Waals surface area contributed by atoms with E-state index in [4.69, 9.17) is 10.5 Å². The largest absolute Gasteiger partial charge is 0.388 e. The summed E-state index contributed by atoms with van der Waals surface area (Å²) < 4.78 is 31.8. The Morgan fingerprint density at radius 2 is 2.24 bits per heavy atom. The van der Waals surface area contributed by atoms with Crippen LogP contribution in [0.4, 0.5) is 8.78 Å². The molecule has 0 radical (unpaired) electrons. The molecule has 96 valence electrons. The summed E-state index contributed by atoms with van der Waals surface area (Å²) in [6, 6.07) is 0. The minimum absolute atomic E-state index is 0.0402. The Hall–Kier alpha value is -1.15. The van der Waals surface area contributed by atoms with Crippen molar-refractivity contribution in [2.45, 2.75) is 19.9 Å². The third-order valence-electron chi connectivity index (χ3n) is 2.15. The van der Waals surface area contributed by atoms with Gasteiger partial charge in [-0.1, -0.05) is 24.4 Å². The van der Waals surface area contributed by atoms with E-state index in [1.165, 1.54) is 0 Å². The summed E-state index contributed by atoms with van der Waals surface area (Å²) in [5.41, 5.74) is 4.87. The fourth-order valence-electron chi connectivity index (χ4n) is 1.48. The van der Waals surface area contributed by atoms with Crippen LogP contribution in [0.25, 0.3) is 0 Å². The average Bonchev–Trinajstić information content (AvgIpc) is 2.61. The Balaban J connectivity index is 2.96. The molecule has 0 fully saturated rings. The summed E-state index contributed by atoms with van der Waals surface area (Å²) in [4.78, 5) is -0.175. The first-order chi connectivity index (χ1) is 7.97. The Kier molecular flexibility index (Phi) is 4.88. The third-order valence-corrected chi connectivity index (χ3v) is 2.34. The molecule has 1 rings (SSSR count). The highest BCUT2D eigenvalue weighted by atomic mass is 32.1. The lowest BCUT2D eigenvalue weighted by molar-refractivity contribution is 0.126. The number of halogens is 2. The molecule has 0 aliphatic carbocycles. The number of thiocarbonyl (C=S) groups is 1. The Morgan fingerprint density at radius 3 is 2.71 bits per heavy atom. The fraction of sp³-hybridized carbons (Fsp3) is 0.667. The van der Waals surface area contributed by atoms with E-state index in [1.807, 2.05) is 6.92 Å². The van der Waals surface area contributed by atoms with Gasteiger partial charge in [0.25, 0.3) is 6.43 Å². The van der Waals surface area contributed by atoms with Crippen molar-refractivity contribution < 1.29 is 13.5 Å². The molecule has 0 saturated heterocycles. The summed E-state index contributed by atoms with van der Waals surface area (Å²) in [6.07, 6.45) is -2.71. The molecule has 8 heteroatoms. The standard InChI is InChI=1S/C9H14F2N4OS/c1-5(4-16-2)3-15-7(8(10)11)6(9(12)17)13-14-15/h5,8H,3-4H2,1-2H3,(H2,12,17). The van der Waals surface area contributed by atoms with E-state index >= 15 is 0 Å². The van der Waals surface area contributed by atoms with Crippen molar-refractivity contribution >= 4 is 17.2 Å². The lowest BCUT2D eigenvalue weighted by Gasteiger charge is -2.12. The summed E-state index contributed by atoms with van der Waals surface area (Å²) in [6.45, 7) is 2.59. The van der Waals surface area contributed by atoms with Gasteiger partial charge in [0, 0.05) is 13.7 Å². The van der Waals surface area contributed by atoms with Crippen LogP contribution in [0.2, 0.25) is 0 Å². The highest BCUT2D eigenvalue weighted by Crippen LogP contribution is 2.22. The van der Waals surface area contributed by atoms with Gasteiger partial charge in [0.15, 0.2) is 0 Å². The normalized spacial score (nSPS) is 13.0. The van der Waals surface area contributed by atoms with Crippen molar-refractivity contribution in [3.05, 3.63) is 11.4 Å². The molecule has 0 aliphatic heterocycles. The summed E-state index contributed by atoms with van der Waals surface area (Å²) in [5.74, 6) is 0.0402. The van der Waals surface area contributed by atoms with E-state index in [0.29, 0.717) is 6.61 Å². The monoisotopic (exact) mass is 264 g/mol. The number of methoxy groups -OCH3 is 1. The van der Waals surface area contributed by atoms with Crippen LogP contribution in [0, 0.1) is 5.92 Å². The number of ether oxygens (including phenoxy) is 1. The van der Waals surface area contributed by atoms with E-state index in [0.717, 1.165) is 4.68 Å². The van der Waals surface area contributed by atoms with Gasteiger partial charge >= 0.3 is 0 Å². The smallest absolute Gasteiger partial charge is 0.282 e. The molecule has 1 unspecified atom stereocenters. The van der Waals surface area contributed by atoms with Crippen LogP contribution < -0.4 is 5.73 Å². The Morgan fingerprint density at radius 1 is 1.59 bits per heavy atom. The molecular formula is C9H14F2N4OS. The number of hydrogen-bond acceptors (Lipinski definition) is 4. The van der Waals surface area contributed by atoms with E-state index in [-0.39, 0.29) is 28.8 Å². The third kappa shape index (κ3) is 3.40. The zero-order valence-electron chi connectivity index (χ0n) is 9.56. The maximum atomic E-state index is 12.9. The van der Waals surface area contributed by atoms with Gasteiger partial charge < -0.3 is 10.5 Å². The summed E-state index contributed by atoms with van der Waals surface area (Å²) >= 11 is 4.65. The molecule has 1 heterocycles. The van der Waals surface area contributed by atoms with E-state index < -0.39 is 6.43 Å². The average molecular weight is 264 g/mol. The van der Waals surface area contributed by atoms with Crippen molar-refractivity contribution in [1.29, 1.82) is 0 Å². The van der Waals surface area contributed by atoms with Gasteiger partial charge in [0.05, 0.1) is 6.61 Å². The molecule has 0 aliphatic rings. The van der Waals surface area contributed by atoms with Gasteiger partial charge in [-0.3, -0.25) is 0 Å². The van der Waals surface area contributed by atoms with Crippen LogP contribution in [0.15, 0.2) is 0 Å². The van der Waals surface area contributed by atoms with Crippen LogP contribution in [-0.4, -0.2) is 33.7 Å². The van der Waals surface area contributed by atoms with Crippen molar-refractivity contribution in [3.8, 4) is 0 Å². The highest BCUT2D eigenvalue weighted by Gasteiger charge is 2.24. The number of rotatable bonds is 6. The van der Waals surface area contributed by atoms with Crippen molar-refractivity contribution in [2.24, 2.45) is 11.7 Å². The van der Waals surface area contributed by atoms with Gasteiger partial charge in [-0.25, -0.2) is 13.5 Å². The maximum absolute atomic E-state index is 12.9. The Labute approximate surface area is 103 Å². The second kappa shape index (κ2) is 5.97. The zero-order chi connectivity index (χ0) is 13.0. The molecule has 0 amide bonds. The molecule has 1 aromatic rings. The molecule has 2 N–H and O–H groups in total. The predicted molar refractivity (Wildman–Crippen MR) is 61.9 cm³/mol. The minimum atomic E-state index is -2.71. The quantitative estimate of drug-likeness (QED) is 0.780. The molecular weight excluding hydrogens is 250 g/mol. The first-order valence-electron chi connectivity index (χ1n) is 4.97. The predicted octanol–water partition coefficient (Wildman–Crippen LogP) is 1.13. The maximum Gasteiger partial charge on any atom is 0.282 e. The Bertz CT molecular complexity index is 396. The van der Waals surface area contributed by atoms with Crippen LogP contribution in [0.3, 0.4) is 0 Å². The molecule has 0 saturated carbocycles. The molecule has 1 atom stereocenters. The topological polar surface area (TPSA) is 66.0 Å². The van der Waals surface area contributed by atoms with E-state index in [9.17, 15) is 8.78 Å². The first kappa shape index (κ1) is 13.9. The van der Waals surface area contributed by atoms with Gasteiger partial charge in [-0.05, 0) is 5.92 Å². The second-order valence-corrected chi connectivity index (χ2v) is 4.17. The number of aromatic nitrogens is 3. The molecule has 0 aromatic carbocycles. The fourth-order valence-corrected chi connectivity index (χ4v) is 1.62. The van der Waals surface area contributed by atoms with Gasteiger partial charge in [-0.2, -0.15) is 0 Å². The number of nitrogens with two attached hydrogens (primary N) is 1. The lowest BCUT2D eigenvalue weighted by atomic mass is 10.2.